The van der Waals surface area contributed by atoms with Crippen LogP contribution in [0.15, 0.2) is 33.3 Å². The van der Waals surface area contributed by atoms with E-state index in [4.69, 9.17) is 0 Å². The normalized spacial score (nSPS) is 11.5. The molecule has 1 amide bonds. The van der Waals surface area contributed by atoms with Crippen LogP contribution in [0.4, 0.5) is 18.9 Å². The third kappa shape index (κ3) is 3.65. The zero-order valence-corrected chi connectivity index (χ0v) is 13.7. The van der Waals surface area contributed by atoms with Gasteiger partial charge in [0.2, 0.25) is 0 Å². The minimum absolute atomic E-state index is 0.361. The van der Waals surface area contributed by atoms with E-state index < -0.39 is 23.3 Å². The molecule has 0 aliphatic heterocycles. The number of anilines is 1. The molecule has 0 fully saturated rings. The summed E-state index contributed by atoms with van der Waals surface area (Å²) in [4.78, 5) is 12.0. The maximum absolute atomic E-state index is 12.8. The number of aryl methyl sites for hydroxylation is 1. The Morgan fingerprint density at radius 1 is 1.33 bits per heavy atom. The number of nitrogens with one attached hydrogen (secondary N) is 1. The van der Waals surface area contributed by atoms with Gasteiger partial charge in [-0.05, 0) is 34.1 Å². The highest BCUT2D eigenvalue weighted by Crippen LogP contribution is 2.32. The Bertz CT molecular complexity index is 698. The van der Waals surface area contributed by atoms with E-state index in [0.29, 0.717) is 10.2 Å². The molecule has 0 saturated carbocycles. The molecule has 21 heavy (non-hydrogen) atoms. The highest BCUT2D eigenvalue weighted by atomic mass is 79.9. The third-order valence-electron chi connectivity index (χ3n) is 2.52. The van der Waals surface area contributed by atoms with Crippen LogP contribution in [0.25, 0.3) is 0 Å². The molecule has 0 radical (unpaired) electrons. The van der Waals surface area contributed by atoms with Crippen molar-refractivity contribution in [3.63, 3.8) is 0 Å². The molecule has 0 aliphatic rings. The van der Waals surface area contributed by atoms with Crippen LogP contribution in [0.1, 0.15) is 16.1 Å². The Morgan fingerprint density at radius 3 is 2.57 bits per heavy atom. The smallest absolute Gasteiger partial charge is 0.321 e. The summed E-state index contributed by atoms with van der Waals surface area (Å²) >= 11 is 6.47. The monoisotopic (exact) mass is 425 g/mol. The van der Waals surface area contributed by atoms with Gasteiger partial charge in [0.05, 0.1) is 11.3 Å². The van der Waals surface area contributed by atoms with Crippen molar-refractivity contribution < 1.29 is 18.0 Å². The lowest BCUT2D eigenvalue weighted by molar-refractivity contribution is -0.141. The van der Waals surface area contributed by atoms with E-state index in [-0.39, 0.29) is 0 Å². The second-order valence-corrected chi connectivity index (χ2v) is 5.91. The Hall–Kier alpha value is -1.35. The minimum atomic E-state index is -4.69. The molecule has 2 rings (SSSR count). The predicted octanol–water partition coefficient (Wildman–Crippen LogP) is 4.22. The van der Waals surface area contributed by atoms with Gasteiger partial charge in [-0.15, -0.1) is 0 Å². The van der Waals surface area contributed by atoms with Crippen molar-refractivity contribution in [1.29, 1.82) is 0 Å². The van der Waals surface area contributed by atoms with Crippen LogP contribution in [0.2, 0.25) is 0 Å². The number of alkyl halides is 3. The van der Waals surface area contributed by atoms with Gasteiger partial charge >= 0.3 is 6.18 Å². The summed E-state index contributed by atoms with van der Waals surface area (Å²) in [5, 5.41) is 5.71. The maximum Gasteiger partial charge on any atom is 0.435 e. The molecular formula is C12H8Br2F3N3O. The van der Waals surface area contributed by atoms with E-state index >= 15 is 0 Å². The van der Waals surface area contributed by atoms with E-state index in [1.54, 1.807) is 18.2 Å². The van der Waals surface area contributed by atoms with E-state index in [1.165, 1.54) is 7.05 Å². The average Bonchev–Trinajstić information content (AvgIpc) is 2.75. The van der Waals surface area contributed by atoms with Crippen molar-refractivity contribution in [3.05, 3.63) is 44.6 Å². The quantitative estimate of drug-likeness (QED) is 0.781. The lowest BCUT2D eigenvalue weighted by Gasteiger charge is -2.09. The fraction of sp³-hybridized carbons (Fsp3) is 0.167. The summed E-state index contributed by atoms with van der Waals surface area (Å²) < 4.78 is 40.7. The van der Waals surface area contributed by atoms with Crippen molar-refractivity contribution in [2.24, 2.45) is 7.05 Å². The van der Waals surface area contributed by atoms with Crippen molar-refractivity contribution in [1.82, 2.24) is 9.78 Å². The summed E-state index contributed by atoms with van der Waals surface area (Å²) in [6.07, 6.45) is -3.66. The Kier molecular flexibility index (Phi) is 4.43. The zero-order chi connectivity index (χ0) is 15.8. The second-order valence-electron chi connectivity index (χ2n) is 4.14. The summed E-state index contributed by atoms with van der Waals surface area (Å²) in [7, 11) is 1.32. The van der Waals surface area contributed by atoms with E-state index in [2.05, 4.69) is 42.3 Å². The number of hydrogen-bond acceptors (Lipinski definition) is 2. The first-order valence-electron chi connectivity index (χ1n) is 5.55. The molecule has 0 saturated heterocycles. The van der Waals surface area contributed by atoms with Crippen LogP contribution < -0.4 is 5.32 Å². The van der Waals surface area contributed by atoms with E-state index in [0.717, 1.165) is 15.4 Å². The first-order chi connectivity index (χ1) is 9.68. The number of carbonyl (C=O) groups excluding carboxylic acids is 1. The first kappa shape index (κ1) is 16.0. The van der Waals surface area contributed by atoms with Gasteiger partial charge in [-0.25, -0.2) is 0 Å². The molecule has 0 bridgehead atoms. The largest absolute Gasteiger partial charge is 0.435 e. The number of nitrogens with zero attached hydrogens (tertiary/aromatic N) is 2. The third-order valence-corrected chi connectivity index (χ3v) is 3.67. The number of carbonyl (C=O) groups is 1. The van der Waals surface area contributed by atoms with Gasteiger partial charge in [0.1, 0.15) is 0 Å². The van der Waals surface area contributed by atoms with E-state index in [1.807, 2.05) is 0 Å². The lowest BCUT2D eigenvalue weighted by Crippen LogP contribution is -2.18. The number of benzene rings is 1. The molecule has 9 heteroatoms. The summed E-state index contributed by atoms with van der Waals surface area (Å²) in [5.74, 6) is -0.876. The van der Waals surface area contributed by atoms with Crippen LogP contribution in [-0.4, -0.2) is 15.7 Å². The van der Waals surface area contributed by atoms with Crippen molar-refractivity contribution in [2.75, 3.05) is 5.32 Å². The van der Waals surface area contributed by atoms with Gasteiger partial charge in [0.15, 0.2) is 5.69 Å². The summed E-state index contributed by atoms with van der Waals surface area (Å²) in [6.45, 7) is 0. The van der Waals surface area contributed by atoms with Crippen molar-refractivity contribution in [3.8, 4) is 0 Å². The van der Waals surface area contributed by atoms with Gasteiger partial charge < -0.3 is 5.32 Å². The van der Waals surface area contributed by atoms with Gasteiger partial charge in [-0.2, -0.15) is 18.3 Å². The molecule has 0 aliphatic carbocycles. The van der Waals surface area contributed by atoms with Crippen LogP contribution >= 0.6 is 31.9 Å². The predicted molar refractivity (Wildman–Crippen MR) is 78.0 cm³/mol. The fourth-order valence-corrected chi connectivity index (χ4v) is 2.79. The van der Waals surface area contributed by atoms with Crippen LogP contribution in [0, 0.1) is 0 Å². The lowest BCUT2D eigenvalue weighted by atomic mass is 10.2. The van der Waals surface area contributed by atoms with Crippen LogP contribution in [0.5, 0.6) is 0 Å². The SMILES string of the molecule is Cn1cc(C(=O)Nc2ccc(Br)cc2Br)c(C(F)(F)F)n1. The first-order valence-corrected chi connectivity index (χ1v) is 7.14. The molecule has 0 spiro atoms. The van der Waals surface area contributed by atoms with Gasteiger partial charge in [-0.1, -0.05) is 15.9 Å². The summed E-state index contributed by atoms with van der Waals surface area (Å²) in [6, 6.07) is 4.90. The summed E-state index contributed by atoms with van der Waals surface area (Å²) in [5.41, 5.74) is -1.38. The Morgan fingerprint density at radius 2 is 2.00 bits per heavy atom. The molecule has 1 heterocycles. The molecular weight excluding hydrogens is 419 g/mol. The molecule has 112 valence electrons. The number of hydrogen-bond donors (Lipinski definition) is 1. The van der Waals surface area contributed by atoms with E-state index in [9.17, 15) is 18.0 Å². The number of halogens is 5. The zero-order valence-electron chi connectivity index (χ0n) is 10.5. The molecule has 0 unspecified atom stereocenters. The van der Waals surface area contributed by atoms with Crippen molar-refractivity contribution >= 4 is 43.5 Å². The van der Waals surface area contributed by atoms with Gasteiger partial charge in [0.25, 0.3) is 5.91 Å². The average molecular weight is 427 g/mol. The van der Waals surface area contributed by atoms with Gasteiger partial charge in [0, 0.05) is 22.2 Å². The molecule has 1 N–H and O–H groups in total. The van der Waals surface area contributed by atoms with Crippen LogP contribution in [0.3, 0.4) is 0 Å². The highest BCUT2D eigenvalue weighted by molar-refractivity contribution is 9.11. The number of aromatic nitrogens is 2. The molecule has 2 aromatic rings. The highest BCUT2D eigenvalue weighted by Gasteiger charge is 2.39. The maximum atomic E-state index is 12.8. The number of amides is 1. The molecule has 0 atom stereocenters. The van der Waals surface area contributed by atoms with Crippen molar-refractivity contribution in [2.45, 2.75) is 6.18 Å². The molecule has 1 aromatic heterocycles. The Labute approximate surface area is 134 Å². The fourth-order valence-electron chi connectivity index (χ4n) is 1.64. The Balaban J connectivity index is 2.33. The number of rotatable bonds is 2. The second kappa shape index (κ2) is 5.80. The van der Waals surface area contributed by atoms with Gasteiger partial charge in [-0.3, -0.25) is 9.48 Å². The minimum Gasteiger partial charge on any atom is -0.321 e. The van der Waals surface area contributed by atoms with Crippen LogP contribution in [-0.2, 0) is 13.2 Å². The molecule has 4 nitrogen and oxygen atoms in total. The molecule has 1 aromatic carbocycles. The standard InChI is InChI=1S/C12H8Br2F3N3O/c1-20-5-7(10(19-20)12(15,16)17)11(21)18-9-3-2-6(13)4-8(9)14/h2-5H,1H3,(H,18,21). The topological polar surface area (TPSA) is 46.9 Å².